The van der Waals surface area contributed by atoms with Crippen molar-refractivity contribution in [3.05, 3.63) is 29.8 Å². The van der Waals surface area contributed by atoms with E-state index in [1.54, 1.807) is 14.0 Å². The van der Waals surface area contributed by atoms with E-state index in [-0.39, 0.29) is 5.92 Å². The van der Waals surface area contributed by atoms with Crippen molar-refractivity contribution in [3.8, 4) is 5.75 Å². The Morgan fingerprint density at radius 3 is 2.59 bits per heavy atom. The van der Waals surface area contributed by atoms with Crippen LogP contribution in [0.3, 0.4) is 0 Å². The molecule has 1 aromatic carbocycles. The molecule has 1 aromatic rings. The molecule has 0 radical (unpaired) electrons. The average molecular weight is 238 g/mol. The van der Waals surface area contributed by atoms with E-state index in [4.69, 9.17) is 4.74 Å². The van der Waals surface area contributed by atoms with Crippen LogP contribution >= 0.6 is 0 Å². The first-order chi connectivity index (χ1) is 8.10. The molecule has 0 saturated carbocycles. The maximum absolute atomic E-state index is 11.2. The maximum atomic E-state index is 11.2. The number of rotatable bonds is 5. The Kier molecular flexibility index (Phi) is 4.97. The maximum Gasteiger partial charge on any atom is 0.334 e. The lowest BCUT2D eigenvalue weighted by Crippen LogP contribution is -2.30. The fourth-order valence-electron chi connectivity index (χ4n) is 1.68. The van der Waals surface area contributed by atoms with Crippen molar-refractivity contribution < 1.29 is 19.4 Å². The number of para-hydroxylation sites is 1. The third kappa shape index (κ3) is 3.46. The molecule has 0 saturated heterocycles. The molecule has 0 spiro atoms. The van der Waals surface area contributed by atoms with Crippen LogP contribution in [0.25, 0.3) is 0 Å². The van der Waals surface area contributed by atoms with Gasteiger partial charge in [-0.15, -0.1) is 0 Å². The Balaban J connectivity index is 2.73. The van der Waals surface area contributed by atoms with Gasteiger partial charge in [0.2, 0.25) is 0 Å². The topological polar surface area (TPSA) is 55.8 Å². The molecule has 0 bridgehead atoms. The lowest BCUT2D eigenvalue weighted by Gasteiger charge is -2.17. The largest absolute Gasteiger partial charge is 0.496 e. The van der Waals surface area contributed by atoms with E-state index in [1.807, 2.05) is 24.3 Å². The van der Waals surface area contributed by atoms with Crippen molar-refractivity contribution in [3.63, 3.8) is 0 Å². The summed E-state index contributed by atoms with van der Waals surface area (Å²) in [6, 6.07) is 7.55. The Morgan fingerprint density at radius 2 is 2.00 bits per heavy atom. The molecule has 94 valence electrons. The number of ether oxygens (including phenoxy) is 2. The number of hydrogen-bond donors (Lipinski definition) is 1. The average Bonchev–Trinajstić information content (AvgIpc) is 2.37. The van der Waals surface area contributed by atoms with Gasteiger partial charge >= 0.3 is 5.97 Å². The molecular weight excluding hydrogens is 220 g/mol. The highest BCUT2D eigenvalue weighted by Gasteiger charge is 2.23. The Hall–Kier alpha value is -1.55. The number of aliphatic hydroxyl groups is 1. The van der Waals surface area contributed by atoms with Gasteiger partial charge in [-0.2, -0.15) is 0 Å². The SMILES string of the molecule is COC(=O)C(O)C(C)Cc1ccccc1OC. The number of carbonyl (C=O) groups excluding carboxylic acids is 1. The first-order valence-corrected chi connectivity index (χ1v) is 5.48. The van der Waals surface area contributed by atoms with Crippen LogP contribution in [0.2, 0.25) is 0 Å². The standard InChI is InChI=1S/C13H18O4/c1-9(12(14)13(15)17-3)8-10-6-4-5-7-11(10)16-2/h4-7,9,12,14H,8H2,1-3H3. The second kappa shape index (κ2) is 6.25. The minimum Gasteiger partial charge on any atom is -0.496 e. The summed E-state index contributed by atoms with van der Waals surface area (Å²) in [5.74, 6) is -0.0671. The van der Waals surface area contributed by atoms with E-state index in [0.29, 0.717) is 6.42 Å². The highest BCUT2D eigenvalue weighted by atomic mass is 16.5. The molecule has 0 aromatic heterocycles. The van der Waals surface area contributed by atoms with Gasteiger partial charge in [-0.05, 0) is 24.0 Å². The predicted octanol–water partition coefficient (Wildman–Crippen LogP) is 1.41. The van der Waals surface area contributed by atoms with Crippen molar-refractivity contribution in [2.75, 3.05) is 14.2 Å². The molecular formula is C13H18O4. The number of carbonyl (C=O) groups is 1. The predicted molar refractivity (Wildman–Crippen MR) is 63.9 cm³/mol. The van der Waals surface area contributed by atoms with Gasteiger partial charge in [-0.1, -0.05) is 25.1 Å². The smallest absolute Gasteiger partial charge is 0.334 e. The summed E-state index contributed by atoms with van der Waals surface area (Å²) in [7, 11) is 2.86. The van der Waals surface area contributed by atoms with Gasteiger partial charge in [0.05, 0.1) is 14.2 Å². The van der Waals surface area contributed by atoms with Crippen molar-refractivity contribution >= 4 is 5.97 Å². The third-order valence-corrected chi connectivity index (χ3v) is 2.72. The zero-order chi connectivity index (χ0) is 12.8. The molecule has 2 unspecified atom stereocenters. The van der Waals surface area contributed by atoms with E-state index >= 15 is 0 Å². The van der Waals surface area contributed by atoms with Crippen LogP contribution < -0.4 is 4.74 Å². The number of benzene rings is 1. The van der Waals surface area contributed by atoms with Crippen molar-refractivity contribution in [2.24, 2.45) is 5.92 Å². The molecule has 1 rings (SSSR count). The summed E-state index contributed by atoms with van der Waals surface area (Å²) in [6.07, 6.45) is -0.551. The lowest BCUT2D eigenvalue weighted by atomic mass is 9.95. The molecule has 0 amide bonds. The van der Waals surface area contributed by atoms with Crippen molar-refractivity contribution in [1.82, 2.24) is 0 Å². The van der Waals surface area contributed by atoms with Crippen LogP contribution in [0.15, 0.2) is 24.3 Å². The minimum absolute atomic E-state index is 0.223. The zero-order valence-electron chi connectivity index (χ0n) is 10.3. The summed E-state index contributed by atoms with van der Waals surface area (Å²) < 4.78 is 9.72. The summed E-state index contributed by atoms with van der Waals surface area (Å²) in [5.41, 5.74) is 0.963. The first kappa shape index (κ1) is 13.5. The van der Waals surface area contributed by atoms with Gasteiger partial charge in [0.1, 0.15) is 5.75 Å². The molecule has 17 heavy (non-hydrogen) atoms. The molecule has 0 fully saturated rings. The third-order valence-electron chi connectivity index (χ3n) is 2.72. The fourth-order valence-corrected chi connectivity index (χ4v) is 1.68. The molecule has 2 atom stereocenters. The summed E-state index contributed by atoms with van der Waals surface area (Å²) in [5, 5.41) is 9.70. The van der Waals surface area contributed by atoms with Crippen LogP contribution in [0.5, 0.6) is 5.75 Å². The van der Waals surface area contributed by atoms with Crippen LogP contribution in [0.4, 0.5) is 0 Å². The zero-order valence-corrected chi connectivity index (χ0v) is 10.3. The Labute approximate surface area is 101 Å². The summed E-state index contributed by atoms with van der Waals surface area (Å²) in [4.78, 5) is 11.2. The van der Waals surface area contributed by atoms with E-state index in [9.17, 15) is 9.90 Å². The highest BCUT2D eigenvalue weighted by molar-refractivity contribution is 5.74. The number of esters is 1. The van der Waals surface area contributed by atoms with Gasteiger partial charge < -0.3 is 14.6 Å². The molecule has 4 heteroatoms. The second-order valence-electron chi connectivity index (χ2n) is 3.96. The molecule has 0 aliphatic rings. The highest BCUT2D eigenvalue weighted by Crippen LogP contribution is 2.22. The second-order valence-corrected chi connectivity index (χ2v) is 3.96. The monoisotopic (exact) mass is 238 g/mol. The summed E-state index contributed by atoms with van der Waals surface area (Å²) >= 11 is 0. The van der Waals surface area contributed by atoms with E-state index in [2.05, 4.69) is 4.74 Å². The molecule has 0 aliphatic heterocycles. The van der Waals surface area contributed by atoms with Gasteiger partial charge in [0.15, 0.2) is 6.10 Å². The van der Waals surface area contributed by atoms with Gasteiger partial charge in [0.25, 0.3) is 0 Å². The van der Waals surface area contributed by atoms with Gasteiger partial charge in [0, 0.05) is 0 Å². The Bertz CT molecular complexity index is 375. The minimum atomic E-state index is -1.11. The molecule has 4 nitrogen and oxygen atoms in total. The first-order valence-electron chi connectivity index (χ1n) is 5.48. The summed E-state index contributed by atoms with van der Waals surface area (Å²) in [6.45, 7) is 1.80. The Morgan fingerprint density at radius 1 is 1.35 bits per heavy atom. The van der Waals surface area contributed by atoms with E-state index in [0.717, 1.165) is 11.3 Å². The number of aliphatic hydroxyl groups excluding tert-OH is 1. The quantitative estimate of drug-likeness (QED) is 0.788. The van der Waals surface area contributed by atoms with Crippen LogP contribution in [-0.2, 0) is 16.0 Å². The van der Waals surface area contributed by atoms with Crippen LogP contribution in [-0.4, -0.2) is 31.4 Å². The van der Waals surface area contributed by atoms with Crippen molar-refractivity contribution in [2.45, 2.75) is 19.4 Å². The van der Waals surface area contributed by atoms with E-state index < -0.39 is 12.1 Å². The molecule has 0 heterocycles. The normalized spacial score (nSPS) is 13.9. The molecule has 0 aliphatic carbocycles. The lowest BCUT2D eigenvalue weighted by molar-refractivity contribution is -0.153. The van der Waals surface area contributed by atoms with Gasteiger partial charge in [-0.3, -0.25) is 0 Å². The van der Waals surface area contributed by atoms with Gasteiger partial charge in [-0.25, -0.2) is 4.79 Å². The number of methoxy groups -OCH3 is 2. The van der Waals surface area contributed by atoms with Crippen LogP contribution in [0.1, 0.15) is 12.5 Å². The fraction of sp³-hybridized carbons (Fsp3) is 0.462. The van der Waals surface area contributed by atoms with Crippen LogP contribution in [0, 0.1) is 5.92 Å². The van der Waals surface area contributed by atoms with E-state index in [1.165, 1.54) is 7.11 Å². The number of hydrogen-bond acceptors (Lipinski definition) is 4. The van der Waals surface area contributed by atoms with Crippen molar-refractivity contribution in [1.29, 1.82) is 0 Å². The molecule has 1 N–H and O–H groups in total.